The number of carbonyl (C=O) groups excluding carboxylic acids is 3. The zero-order valence-electron chi connectivity index (χ0n) is 17.1. The number of amides is 2. The number of likely N-dealkylation sites (tertiary alicyclic amines) is 1. The Labute approximate surface area is 175 Å². The van der Waals surface area contributed by atoms with E-state index in [9.17, 15) is 18.8 Å². The number of carbonyl (C=O) groups is 3. The van der Waals surface area contributed by atoms with Gasteiger partial charge in [-0.1, -0.05) is 24.3 Å². The summed E-state index contributed by atoms with van der Waals surface area (Å²) in [5, 5.41) is 2.53. The molecular formula is C23H25FN2O4. The predicted molar refractivity (Wildman–Crippen MR) is 110 cm³/mol. The van der Waals surface area contributed by atoms with Crippen molar-refractivity contribution in [3.8, 4) is 0 Å². The fourth-order valence-electron chi connectivity index (χ4n) is 3.44. The minimum Gasteiger partial charge on any atom is -0.452 e. The summed E-state index contributed by atoms with van der Waals surface area (Å²) in [6.45, 7) is 4.28. The Kier molecular flexibility index (Phi) is 6.82. The van der Waals surface area contributed by atoms with E-state index < -0.39 is 23.8 Å². The highest BCUT2D eigenvalue weighted by molar-refractivity contribution is 5.96. The Hall–Kier alpha value is -3.22. The summed E-state index contributed by atoms with van der Waals surface area (Å²) >= 11 is 0. The van der Waals surface area contributed by atoms with E-state index in [2.05, 4.69) is 5.32 Å². The van der Waals surface area contributed by atoms with Crippen LogP contribution < -0.4 is 5.32 Å². The van der Waals surface area contributed by atoms with E-state index in [0.717, 1.165) is 5.56 Å². The second kappa shape index (κ2) is 9.52. The fourth-order valence-corrected chi connectivity index (χ4v) is 3.44. The van der Waals surface area contributed by atoms with Gasteiger partial charge in [-0.25, -0.2) is 4.39 Å². The third kappa shape index (κ3) is 5.23. The molecule has 1 N–H and O–H groups in total. The average Bonchev–Trinajstić information content (AvgIpc) is 2.73. The van der Waals surface area contributed by atoms with Crippen molar-refractivity contribution < 1.29 is 23.5 Å². The molecule has 2 aromatic rings. The van der Waals surface area contributed by atoms with Crippen molar-refractivity contribution in [2.24, 2.45) is 5.92 Å². The molecule has 7 heteroatoms. The minimum atomic E-state index is -1.01. The van der Waals surface area contributed by atoms with Crippen molar-refractivity contribution in [1.29, 1.82) is 0 Å². The number of halogens is 1. The maximum absolute atomic E-state index is 13.2. The summed E-state index contributed by atoms with van der Waals surface area (Å²) < 4.78 is 18.5. The molecule has 0 radical (unpaired) electrons. The van der Waals surface area contributed by atoms with Crippen molar-refractivity contribution >= 4 is 23.5 Å². The van der Waals surface area contributed by atoms with Gasteiger partial charge in [-0.2, -0.15) is 0 Å². The topological polar surface area (TPSA) is 75.7 Å². The number of hydrogen-bond donors (Lipinski definition) is 1. The third-order valence-electron chi connectivity index (χ3n) is 5.25. The normalized spacial score (nSPS) is 15.4. The lowest BCUT2D eigenvalue weighted by atomic mass is 9.96. The monoisotopic (exact) mass is 412 g/mol. The number of nitrogens with one attached hydrogen (secondary N) is 1. The highest BCUT2D eigenvalue weighted by atomic mass is 19.1. The molecule has 6 nitrogen and oxygen atoms in total. The van der Waals surface area contributed by atoms with Crippen LogP contribution >= 0.6 is 0 Å². The molecule has 158 valence electrons. The first-order chi connectivity index (χ1) is 14.3. The molecule has 0 aromatic heterocycles. The Morgan fingerprint density at radius 1 is 1.10 bits per heavy atom. The van der Waals surface area contributed by atoms with Crippen molar-refractivity contribution in [2.75, 3.05) is 18.4 Å². The van der Waals surface area contributed by atoms with Gasteiger partial charge in [-0.3, -0.25) is 14.4 Å². The summed E-state index contributed by atoms with van der Waals surface area (Å²) in [6, 6.07) is 12.9. The van der Waals surface area contributed by atoms with Crippen LogP contribution in [-0.2, 0) is 14.3 Å². The Bertz CT molecular complexity index is 938. The van der Waals surface area contributed by atoms with Gasteiger partial charge in [0.1, 0.15) is 5.82 Å². The first-order valence-corrected chi connectivity index (χ1v) is 9.97. The van der Waals surface area contributed by atoms with Crippen LogP contribution in [0.3, 0.4) is 0 Å². The molecule has 30 heavy (non-hydrogen) atoms. The summed E-state index contributed by atoms with van der Waals surface area (Å²) in [7, 11) is 0. The van der Waals surface area contributed by atoms with E-state index in [-0.39, 0.29) is 11.8 Å². The molecule has 2 aromatic carbocycles. The van der Waals surface area contributed by atoms with Crippen molar-refractivity contribution in [3.63, 3.8) is 0 Å². The lowest BCUT2D eigenvalue weighted by molar-refractivity contribution is -0.158. The summed E-state index contributed by atoms with van der Waals surface area (Å²) in [4.78, 5) is 39.1. The van der Waals surface area contributed by atoms with Crippen LogP contribution in [0.4, 0.5) is 10.1 Å². The molecule has 1 saturated heterocycles. The number of aryl methyl sites for hydroxylation is 1. The van der Waals surface area contributed by atoms with Crippen LogP contribution in [-0.4, -0.2) is 41.9 Å². The number of nitrogens with zero attached hydrogens (tertiary/aromatic N) is 1. The number of piperidine rings is 1. The molecule has 1 heterocycles. The van der Waals surface area contributed by atoms with Crippen molar-refractivity contribution in [2.45, 2.75) is 32.8 Å². The van der Waals surface area contributed by atoms with Gasteiger partial charge in [-0.05, 0) is 56.5 Å². The number of rotatable bonds is 5. The lowest BCUT2D eigenvalue weighted by Gasteiger charge is -2.31. The quantitative estimate of drug-likeness (QED) is 0.762. The number of ether oxygens (including phenoxy) is 1. The van der Waals surface area contributed by atoms with E-state index in [4.69, 9.17) is 4.74 Å². The highest BCUT2D eigenvalue weighted by Crippen LogP contribution is 2.22. The van der Waals surface area contributed by atoms with E-state index >= 15 is 0 Å². The van der Waals surface area contributed by atoms with Crippen LogP contribution in [0, 0.1) is 18.7 Å². The van der Waals surface area contributed by atoms with E-state index in [0.29, 0.717) is 37.2 Å². The first-order valence-electron chi connectivity index (χ1n) is 9.97. The maximum atomic E-state index is 13.2. The second-order valence-corrected chi connectivity index (χ2v) is 7.46. The van der Waals surface area contributed by atoms with E-state index in [1.807, 2.05) is 25.1 Å². The molecule has 0 saturated carbocycles. The summed E-state index contributed by atoms with van der Waals surface area (Å²) in [5.74, 6) is -1.86. The molecule has 1 atom stereocenters. The first kappa shape index (κ1) is 21.5. The number of anilines is 1. The molecule has 1 fully saturated rings. The van der Waals surface area contributed by atoms with Crippen LogP contribution in [0.25, 0.3) is 0 Å². The molecule has 3 rings (SSSR count). The standard InChI is InChI=1S/C23H25FN2O4/c1-15-6-3-4-9-20(15)22(28)26-12-10-17(11-13-26)23(29)30-16(2)21(27)25-19-8-5-7-18(24)14-19/h3-9,14,16-17H,10-13H2,1-2H3,(H,25,27)/t16-/m0/s1. The number of benzene rings is 2. The molecule has 0 spiro atoms. The second-order valence-electron chi connectivity index (χ2n) is 7.46. The van der Waals surface area contributed by atoms with Crippen molar-refractivity contribution in [1.82, 2.24) is 4.90 Å². The predicted octanol–water partition coefficient (Wildman–Crippen LogP) is 3.56. The molecule has 0 bridgehead atoms. The van der Waals surface area contributed by atoms with E-state index in [1.54, 1.807) is 17.0 Å². The van der Waals surface area contributed by atoms with Gasteiger partial charge < -0.3 is 15.0 Å². The van der Waals surface area contributed by atoms with Gasteiger partial charge in [0.25, 0.3) is 11.8 Å². The molecule has 0 aliphatic carbocycles. The van der Waals surface area contributed by atoms with Gasteiger partial charge in [-0.15, -0.1) is 0 Å². The zero-order valence-corrected chi connectivity index (χ0v) is 17.1. The van der Waals surface area contributed by atoms with Gasteiger partial charge in [0, 0.05) is 24.3 Å². The average molecular weight is 412 g/mol. The smallest absolute Gasteiger partial charge is 0.309 e. The molecule has 0 unspecified atom stereocenters. The lowest BCUT2D eigenvalue weighted by Crippen LogP contribution is -2.42. The maximum Gasteiger partial charge on any atom is 0.309 e. The Morgan fingerprint density at radius 2 is 1.80 bits per heavy atom. The van der Waals surface area contributed by atoms with E-state index in [1.165, 1.54) is 25.1 Å². The molecule has 1 aliphatic heterocycles. The fraction of sp³-hybridized carbons (Fsp3) is 0.348. The van der Waals surface area contributed by atoms with Crippen LogP contribution in [0.2, 0.25) is 0 Å². The van der Waals surface area contributed by atoms with Gasteiger partial charge in [0.15, 0.2) is 6.10 Å². The van der Waals surface area contributed by atoms with Gasteiger partial charge in [0.05, 0.1) is 5.92 Å². The Morgan fingerprint density at radius 3 is 2.47 bits per heavy atom. The molecule has 1 aliphatic rings. The largest absolute Gasteiger partial charge is 0.452 e. The van der Waals surface area contributed by atoms with Crippen LogP contribution in [0.1, 0.15) is 35.7 Å². The zero-order chi connectivity index (χ0) is 21.7. The highest BCUT2D eigenvalue weighted by Gasteiger charge is 2.31. The third-order valence-corrected chi connectivity index (χ3v) is 5.25. The van der Waals surface area contributed by atoms with Gasteiger partial charge >= 0.3 is 5.97 Å². The summed E-state index contributed by atoms with van der Waals surface area (Å²) in [5.41, 5.74) is 1.88. The number of hydrogen-bond acceptors (Lipinski definition) is 4. The molecule has 2 amide bonds. The molecular weight excluding hydrogens is 387 g/mol. The summed E-state index contributed by atoms with van der Waals surface area (Å²) in [6.07, 6.45) is -0.0454. The minimum absolute atomic E-state index is 0.0391. The Balaban J connectivity index is 1.49. The van der Waals surface area contributed by atoms with Crippen LogP contribution in [0.15, 0.2) is 48.5 Å². The number of esters is 1. The SMILES string of the molecule is Cc1ccccc1C(=O)N1CCC(C(=O)O[C@@H](C)C(=O)Nc2cccc(F)c2)CC1. The van der Waals surface area contributed by atoms with Crippen molar-refractivity contribution in [3.05, 3.63) is 65.5 Å². The van der Waals surface area contributed by atoms with Crippen LogP contribution in [0.5, 0.6) is 0 Å². The van der Waals surface area contributed by atoms with Gasteiger partial charge in [0.2, 0.25) is 0 Å².